The van der Waals surface area contributed by atoms with E-state index in [0.29, 0.717) is 36.1 Å². The number of hydrogen-bond acceptors (Lipinski definition) is 3. The van der Waals surface area contributed by atoms with Crippen LogP contribution in [0, 0.1) is 11.3 Å². The molecule has 1 aliphatic heterocycles. The minimum absolute atomic E-state index is 0.0455. The van der Waals surface area contributed by atoms with Crippen molar-refractivity contribution < 1.29 is 14.4 Å². The van der Waals surface area contributed by atoms with Gasteiger partial charge in [0.2, 0.25) is 5.91 Å². The van der Waals surface area contributed by atoms with E-state index in [1.54, 1.807) is 18.2 Å². The molecule has 2 atom stereocenters. The summed E-state index contributed by atoms with van der Waals surface area (Å²) in [5.41, 5.74) is 6.22. The first-order valence-corrected chi connectivity index (χ1v) is 10.9. The number of nitrogens with one attached hydrogen (secondary N) is 2. The standard InChI is InChI=1S/C21H25Cl2N5O3/c1-20(2)16(21(20,22)23)10-25-17(29)15-8-5-9-27(15)19(31)26-13-11-28(18(24)30)14-7-4-3-6-12(13)14/h3-4,6-7,11,15-16H,5,8-10H2,1-2H3,(H2,24,30)(H,25,29)(H,26,31)/t15-,16-/m0/s1. The van der Waals surface area contributed by atoms with Crippen molar-refractivity contribution in [3.63, 3.8) is 0 Å². The van der Waals surface area contributed by atoms with E-state index in [1.165, 1.54) is 15.7 Å². The van der Waals surface area contributed by atoms with E-state index in [-0.39, 0.29) is 17.2 Å². The Hall–Kier alpha value is -2.45. The summed E-state index contributed by atoms with van der Waals surface area (Å²) in [6.07, 6.45) is 2.79. The van der Waals surface area contributed by atoms with E-state index in [0.717, 1.165) is 6.42 Å². The molecule has 0 unspecified atom stereocenters. The molecule has 2 aromatic rings. The van der Waals surface area contributed by atoms with Gasteiger partial charge in [-0.15, -0.1) is 23.2 Å². The van der Waals surface area contributed by atoms with Crippen LogP contribution in [-0.4, -0.2) is 50.9 Å². The molecular weight excluding hydrogens is 441 g/mol. The number of alkyl halides is 2. The van der Waals surface area contributed by atoms with Crippen molar-refractivity contribution >= 4 is 57.8 Å². The van der Waals surface area contributed by atoms with Gasteiger partial charge in [0.15, 0.2) is 0 Å². The van der Waals surface area contributed by atoms with Crippen molar-refractivity contribution in [1.29, 1.82) is 0 Å². The maximum atomic E-state index is 13.0. The number of aromatic nitrogens is 1. The smallest absolute Gasteiger partial charge is 0.323 e. The number of para-hydroxylation sites is 1. The van der Waals surface area contributed by atoms with Crippen LogP contribution in [0.3, 0.4) is 0 Å². The molecule has 0 radical (unpaired) electrons. The number of nitrogens with zero attached hydrogens (tertiary/aromatic N) is 2. The molecule has 2 heterocycles. The van der Waals surface area contributed by atoms with E-state index in [4.69, 9.17) is 28.9 Å². The average molecular weight is 466 g/mol. The van der Waals surface area contributed by atoms with Crippen LogP contribution in [0.25, 0.3) is 10.9 Å². The van der Waals surface area contributed by atoms with Crippen molar-refractivity contribution in [2.24, 2.45) is 17.1 Å². The van der Waals surface area contributed by atoms with Gasteiger partial charge < -0.3 is 21.3 Å². The summed E-state index contributed by atoms with van der Waals surface area (Å²) in [5, 5.41) is 6.41. The van der Waals surface area contributed by atoms with E-state index in [9.17, 15) is 14.4 Å². The summed E-state index contributed by atoms with van der Waals surface area (Å²) in [4.78, 5) is 39.0. The van der Waals surface area contributed by atoms with Crippen LogP contribution >= 0.6 is 23.2 Å². The summed E-state index contributed by atoms with van der Waals surface area (Å²) in [7, 11) is 0. The second kappa shape index (κ2) is 7.60. The fraction of sp³-hybridized carbons (Fsp3) is 0.476. The molecule has 8 nitrogen and oxygen atoms in total. The lowest BCUT2D eigenvalue weighted by atomic mass is 10.1. The predicted molar refractivity (Wildman–Crippen MR) is 120 cm³/mol. The average Bonchev–Trinajstić information content (AvgIpc) is 3.17. The van der Waals surface area contributed by atoms with E-state index >= 15 is 0 Å². The van der Waals surface area contributed by atoms with Gasteiger partial charge in [-0.2, -0.15) is 0 Å². The summed E-state index contributed by atoms with van der Waals surface area (Å²) >= 11 is 12.6. The van der Waals surface area contributed by atoms with E-state index in [2.05, 4.69) is 10.6 Å². The topological polar surface area (TPSA) is 109 Å². The Morgan fingerprint density at radius 2 is 1.90 bits per heavy atom. The number of halogens is 2. The van der Waals surface area contributed by atoms with Crippen LogP contribution in [0.15, 0.2) is 30.5 Å². The lowest BCUT2D eigenvalue weighted by Crippen LogP contribution is -2.48. The molecule has 31 heavy (non-hydrogen) atoms. The number of benzene rings is 1. The number of nitrogens with two attached hydrogens (primary N) is 1. The van der Waals surface area contributed by atoms with Crippen LogP contribution in [0.2, 0.25) is 0 Å². The van der Waals surface area contributed by atoms with Gasteiger partial charge in [0, 0.05) is 36.0 Å². The molecule has 4 N–H and O–H groups in total. The SMILES string of the molecule is CC1(C)[C@H](CNC(=O)[C@@H]2CCCN2C(=O)Nc2cn(C(N)=O)c3ccccc23)C1(Cl)Cl. The third-order valence-corrected chi connectivity index (χ3v) is 8.07. The summed E-state index contributed by atoms with van der Waals surface area (Å²) in [6, 6.07) is 5.50. The molecule has 2 aliphatic rings. The lowest BCUT2D eigenvalue weighted by Gasteiger charge is -2.24. The molecule has 4 rings (SSSR count). The van der Waals surface area contributed by atoms with Crippen molar-refractivity contribution in [3.05, 3.63) is 30.5 Å². The first-order valence-electron chi connectivity index (χ1n) is 10.2. The third-order valence-electron chi connectivity index (χ3n) is 6.57. The van der Waals surface area contributed by atoms with Crippen molar-refractivity contribution in [2.45, 2.75) is 37.1 Å². The number of fused-ring (bicyclic) bond motifs is 1. The van der Waals surface area contributed by atoms with Gasteiger partial charge in [0.05, 0.1) is 11.2 Å². The first-order chi connectivity index (χ1) is 14.6. The van der Waals surface area contributed by atoms with Gasteiger partial charge in [0.25, 0.3) is 0 Å². The summed E-state index contributed by atoms with van der Waals surface area (Å²) in [6.45, 7) is 4.74. The number of carbonyl (C=O) groups excluding carboxylic acids is 3. The summed E-state index contributed by atoms with van der Waals surface area (Å²) in [5.74, 6) is -0.269. The highest BCUT2D eigenvalue weighted by atomic mass is 35.5. The van der Waals surface area contributed by atoms with Gasteiger partial charge in [-0.05, 0) is 18.9 Å². The second-order valence-corrected chi connectivity index (χ2v) is 10.1. The lowest BCUT2D eigenvalue weighted by molar-refractivity contribution is -0.124. The van der Waals surface area contributed by atoms with Crippen molar-refractivity contribution in [2.75, 3.05) is 18.4 Å². The minimum Gasteiger partial charge on any atom is -0.354 e. The van der Waals surface area contributed by atoms with Crippen molar-refractivity contribution in [1.82, 2.24) is 14.8 Å². The number of hydrogen-bond donors (Lipinski definition) is 3. The highest BCUT2D eigenvalue weighted by Crippen LogP contribution is 2.68. The molecule has 166 valence electrons. The van der Waals surface area contributed by atoms with Gasteiger partial charge >= 0.3 is 12.1 Å². The molecule has 1 saturated carbocycles. The Labute approximate surface area is 190 Å². The zero-order valence-corrected chi connectivity index (χ0v) is 18.8. The predicted octanol–water partition coefficient (Wildman–Crippen LogP) is 3.51. The molecule has 1 aliphatic carbocycles. The van der Waals surface area contributed by atoms with Crippen LogP contribution in [-0.2, 0) is 4.79 Å². The van der Waals surface area contributed by atoms with Crippen LogP contribution in [0.5, 0.6) is 0 Å². The fourth-order valence-electron chi connectivity index (χ4n) is 4.39. The van der Waals surface area contributed by atoms with Gasteiger partial charge in [-0.3, -0.25) is 9.36 Å². The number of carbonyl (C=O) groups is 3. The summed E-state index contributed by atoms with van der Waals surface area (Å²) < 4.78 is 0.419. The second-order valence-electron chi connectivity index (χ2n) is 8.69. The zero-order chi connectivity index (χ0) is 22.6. The van der Waals surface area contributed by atoms with E-state index < -0.39 is 22.4 Å². The normalized spacial score (nSPS) is 23.5. The van der Waals surface area contributed by atoms with Crippen molar-refractivity contribution in [3.8, 4) is 0 Å². The fourth-order valence-corrected chi connectivity index (χ4v) is 5.25. The number of primary amides is 1. The Kier molecular flexibility index (Phi) is 5.34. The first kappa shape index (κ1) is 21.8. The Bertz CT molecular complexity index is 1050. The monoisotopic (exact) mass is 465 g/mol. The van der Waals surface area contributed by atoms with E-state index in [1.807, 2.05) is 19.9 Å². The molecule has 2 fully saturated rings. The Balaban J connectivity index is 1.45. The number of rotatable bonds is 4. The van der Waals surface area contributed by atoms with Crippen LogP contribution < -0.4 is 16.4 Å². The highest BCUT2D eigenvalue weighted by molar-refractivity contribution is 6.51. The molecule has 0 bridgehead atoms. The molecular formula is C21H25Cl2N5O3. The number of anilines is 1. The molecule has 0 spiro atoms. The highest BCUT2D eigenvalue weighted by Gasteiger charge is 2.69. The Morgan fingerprint density at radius 3 is 2.55 bits per heavy atom. The molecule has 1 aromatic carbocycles. The minimum atomic E-state index is -0.859. The number of likely N-dealkylation sites (tertiary alicyclic amines) is 1. The maximum absolute atomic E-state index is 13.0. The number of amides is 4. The Morgan fingerprint density at radius 1 is 1.23 bits per heavy atom. The van der Waals surface area contributed by atoms with Gasteiger partial charge in [-0.1, -0.05) is 32.0 Å². The zero-order valence-electron chi connectivity index (χ0n) is 17.3. The quantitative estimate of drug-likeness (QED) is 0.600. The number of urea groups is 1. The molecule has 1 saturated heterocycles. The van der Waals surface area contributed by atoms with Crippen LogP contribution in [0.4, 0.5) is 15.3 Å². The maximum Gasteiger partial charge on any atom is 0.323 e. The largest absolute Gasteiger partial charge is 0.354 e. The molecule has 10 heteroatoms. The third kappa shape index (κ3) is 3.61. The molecule has 4 amide bonds. The molecule has 1 aromatic heterocycles. The van der Waals surface area contributed by atoms with Gasteiger partial charge in [0.1, 0.15) is 10.4 Å². The van der Waals surface area contributed by atoms with Crippen LogP contribution in [0.1, 0.15) is 26.7 Å². The van der Waals surface area contributed by atoms with Gasteiger partial charge in [-0.25, -0.2) is 9.59 Å².